The van der Waals surface area contributed by atoms with E-state index in [-0.39, 0.29) is 6.04 Å². The molecule has 1 aliphatic heterocycles. The minimum atomic E-state index is -0.0267. The smallest absolute Gasteiger partial charge is 0.138 e. The highest BCUT2D eigenvalue weighted by atomic mass is 16.3. The second-order valence-corrected chi connectivity index (χ2v) is 6.94. The van der Waals surface area contributed by atoms with E-state index in [1.165, 1.54) is 25.9 Å². The minimum Gasteiger partial charge on any atom is -0.396 e. The third kappa shape index (κ3) is 11.1. The fraction of sp³-hybridized carbons (Fsp3) is 0.944. The molecule has 1 rings (SSSR count). The first-order valence-electron chi connectivity index (χ1n) is 9.29. The summed E-state index contributed by atoms with van der Waals surface area (Å²) in [5, 5.41) is 11.4. The van der Waals surface area contributed by atoms with Crippen LogP contribution in [-0.4, -0.2) is 106 Å². The molecular weight excluding hydrogens is 304 g/mol. The van der Waals surface area contributed by atoms with Crippen molar-refractivity contribution in [3.8, 4) is 0 Å². The van der Waals surface area contributed by atoms with Gasteiger partial charge in [-0.1, -0.05) is 6.92 Å². The van der Waals surface area contributed by atoms with Gasteiger partial charge in [0.1, 0.15) is 6.29 Å². The van der Waals surface area contributed by atoms with Crippen molar-refractivity contribution in [2.24, 2.45) is 0 Å². The number of aliphatic hydroxyl groups is 1. The van der Waals surface area contributed by atoms with Crippen molar-refractivity contribution in [3.05, 3.63) is 0 Å². The third-order valence-electron chi connectivity index (χ3n) is 4.45. The van der Waals surface area contributed by atoms with Gasteiger partial charge in [-0.2, -0.15) is 0 Å². The predicted molar refractivity (Wildman–Crippen MR) is 102 cm³/mol. The van der Waals surface area contributed by atoms with Crippen LogP contribution >= 0.6 is 0 Å². The second-order valence-electron chi connectivity index (χ2n) is 6.94. The monoisotopic (exact) mass is 344 g/mol. The van der Waals surface area contributed by atoms with Crippen LogP contribution in [0.4, 0.5) is 0 Å². The van der Waals surface area contributed by atoms with Gasteiger partial charge < -0.3 is 25.0 Å². The quantitative estimate of drug-likeness (QED) is 0.563. The zero-order valence-electron chi connectivity index (χ0n) is 16.5. The molecule has 0 spiro atoms. The molecule has 0 bridgehead atoms. The van der Waals surface area contributed by atoms with Gasteiger partial charge in [-0.15, -0.1) is 0 Å². The number of aldehydes is 1. The molecule has 144 valence electrons. The molecular formula is C18H40N4O2. The van der Waals surface area contributed by atoms with Crippen molar-refractivity contribution < 1.29 is 9.90 Å². The summed E-state index contributed by atoms with van der Waals surface area (Å²) in [7, 11) is 8.03. The molecule has 0 saturated carbocycles. The van der Waals surface area contributed by atoms with Gasteiger partial charge >= 0.3 is 0 Å². The van der Waals surface area contributed by atoms with E-state index in [1.807, 2.05) is 21.1 Å². The summed E-state index contributed by atoms with van der Waals surface area (Å²) in [4.78, 5) is 17.8. The van der Waals surface area contributed by atoms with Crippen molar-refractivity contribution >= 4 is 6.29 Å². The number of carbonyl (C=O) groups is 1. The van der Waals surface area contributed by atoms with Crippen LogP contribution < -0.4 is 5.32 Å². The topological polar surface area (TPSA) is 59.1 Å². The number of nitrogens with one attached hydrogen (secondary N) is 1. The largest absolute Gasteiger partial charge is 0.396 e. The molecule has 1 saturated heterocycles. The summed E-state index contributed by atoms with van der Waals surface area (Å²) >= 11 is 0. The van der Waals surface area contributed by atoms with Crippen molar-refractivity contribution in [2.75, 3.05) is 67.5 Å². The molecule has 1 aliphatic rings. The Morgan fingerprint density at radius 2 is 1.92 bits per heavy atom. The lowest BCUT2D eigenvalue weighted by atomic mass is 10.0. The molecule has 0 radical (unpaired) electrons. The van der Waals surface area contributed by atoms with E-state index < -0.39 is 0 Å². The standard InChI is InChI=1S/C13H27N3O.C5H13NO/c1-4-7-16(10-12(11-17)14-2)13-5-8-15(3)9-6-13;1-6(2)4-3-5-7/h11-14H,4-10H2,1-3H3;7H,3-5H2,1-2H3. The van der Waals surface area contributed by atoms with Gasteiger partial charge in [0.15, 0.2) is 0 Å². The van der Waals surface area contributed by atoms with Crippen LogP contribution in [-0.2, 0) is 4.79 Å². The first kappa shape index (κ1) is 23.5. The summed E-state index contributed by atoms with van der Waals surface area (Å²) in [6.45, 7) is 7.79. The zero-order valence-corrected chi connectivity index (χ0v) is 16.5. The maximum absolute atomic E-state index is 10.9. The molecule has 24 heavy (non-hydrogen) atoms. The van der Waals surface area contributed by atoms with Gasteiger partial charge in [-0.25, -0.2) is 0 Å². The molecule has 1 atom stereocenters. The molecule has 0 amide bonds. The van der Waals surface area contributed by atoms with Crippen LogP contribution in [0.3, 0.4) is 0 Å². The maximum atomic E-state index is 10.9. The molecule has 6 heteroatoms. The Bertz CT molecular complexity index is 295. The fourth-order valence-electron chi connectivity index (χ4n) is 2.91. The lowest BCUT2D eigenvalue weighted by Crippen LogP contribution is -2.49. The Balaban J connectivity index is 0.000000640. The molecule has 0 aromatic heterocycles. The van der Waals surface area contributed by atoms with Crippen LogP contribution in [0.1, 0.15) is 32.6 Å². The van der Waals surface area contributed by atoms with E-state index in [0.717, 1.165) is 38.8 Å². The molecule has 1 unspecified atom stereocenters. The summed E-state index contributed by atoms with van der Waals surface area (Å²) in [5.41, 5.74) is 0. The summed E-state index contributed by atoms with van der Waals surface area (Å²) < 4.78 is 0. The van der Waals surface area contributed by atoms with Crippen molar-refractivity contribution in [2.45, 2.75) is 44.7 Å². The normalized spacial score (nSPS) is 17.7. The van der Waals surface area contributed by atoms with Gasteiger partial charge in [0.2, 0.25) is 0 Å². The summed E-state index contributed by atoms with van der Waals surface area (Å²) in [5.74, 6) is 0. The van der Waals surface area contributed by atoms with Gasteiger partial charge in [0.25, 0.3) is 0 Å². The Kier molecular flexibility index (Phi) is 14.5. The average molecular weight is 345 g/mol. The summed E-state index contributed by atoms with van der Waals surface area (Å²) in [6.07, 6.45) is 5.52. The number of piperidine rings is 1. The molecule has 6 nitrogen and oxygen atoms in total. The first-order valence-corrected chi connectivity index (χ1v) is 9.29. The number of hydrogen-bond acceptors (Lipinski definition) is 6. The number of nitrogens with zero attached hydrogens (tertiary/aromatic N) is 3. The Hall–Kier alpha value is -0.530. The SMILES string of the molecule is CCCN(CC(C=O)NC)C1CCN(C)CC1.CN(C)CCCO. The van der Waals surface area contributed by atoms with E-state index in [4.69, 9.17) is 5.11 Å². The number of hydrogen-bond donors (Lipinski definition) is 2. The van der Waals surface area contributed by atoms with E-state index in [9.17, 15) is 4.79 Å². The predicted octanol–water partition coefficient (Wildman–Crippen LogP) is 0.510. The fourth-order valence-corrected chi connectivity index (χ4v) is 2.91. The highest BCUT2D eigenvalue weighted by Gasteiger charge is 2.24. The van der Waals surface area contributed by atoms with Crippen molar-refractivity contribution in [3.63, 3.8) is 0 Å². The van der Waals surface area contributed by atoms with Gasteiger partial charge in [-0.05, 0) is 80.1 Å². The zero-order chi connectivity index (χ0) is 18.4. The van der Waals surface area contributed by atoms with Crippen molar-refractivity contribution in [1.82, 2.24) is 20.0 Å². The van der Waals surface area contributed by atoms with E-state index >= 15 is 0 Å². The van der Waals surface area contributed by atoms with Crippen LogP contribution in [0.2, 0.25) is 0 Å². The van der Waals surface area contributed by atoms with Crippen LogP contribution in [0.5, 0.6) is 0 Å². The van der Waals surface area contributed by atoms with Crippen LogP contribution in [0.25, 0.3) is 0 Å². The van der Waals surface area contributed by atoms with Crippen LogP contribution in [0.15, 0.2) is 0 Å². The van der Waals surface area contributed by atoms with E-state index in [1.54, 1.807) is 0 Å². The number of carbonyl (C=O) groups excluding carboxylic acids is 1. The number of likely N-dealkylation sites (tertiary alicyclic amines) is 1. The number of rotatable bonds is 10. The third-order valence-corrected chi connectivity index (χ3v) is 4.45. The van der Waals surface area contributed by atoms with Gasteiger partial charge in [0.05, 0.1) is 6.04 Å². The van der Waals surface area contributed by atoms with Crippen molar-refractivity contribution in [1.29, 1.82) is 0 Å². The van der Waals surface area contributed by atoms with Gasteiger partial charge in [0, 0.05) is 19.2 Å². The van der Waals surface area contributed by atoms with E-state index in [0.29, 0.717) is 12.6 Å². The van der Waals surface area contributed by atoms with E-state index in [2.05, 4.69) is 34.0 Å². The average Bonchev–Trinajstić information content (AvgIpc) is 2.58. The second kappa shape index (κ2) is 14.8. The Labute approximate surface area is 149 Å². The molecule has 1 fully saturated rings. The summed E-state index contributed by atoms with van der Waals surface area (Å²) in [6, 6.07) is 0.628. The number of likely N-dealkylation sites (N-methyl/N-ethyl adjacent to an activating group) is 1. The lowest BCUT2D eigenvalue weighted by molar-refractivity contribution is -0.110. The number of aliphatic hydroxyl groups excluding tert-OH is 1. The van der Waals surface area contributed by atoms with Crippen LogP contribution in [0, 0.1) is 0 Å². The maximum Gasteiger partial charge on any atom is 0.138 e. The highest BCUT2D eigenvalue weighted by molar-refractivity contribution is 5.57. The minimum absolute atomic E-state index is 0.0267. The highest BCUT2D eigenvalue weighted by Crippen LogP contribution is 2.16. The molecule has 0 aromatic carbocycles. The molecule has 1 heterocycles. The lowest BCUT2D eigenvalue weighted by Gasteiger charge is -2.38. The first-order chi connectivity index (χ1) is 11.5. The molecule has 0 aromatic rings. The molecule has 2 N–H and O–H groups in total. The Morgan fingerprint density at radius 3 is 2.29 bits per heavy atom. The Morgan fingerprint density at radius 1 is 1.29 bits per heavy atom. The van der Waals surface area contributed by atoms with Gasteiger partial charge in [-0.3, -0.25) is 4.90 Å². The molecule has 0 aliphatic carbocycles.